The van der Waals surface area contributed by atoms with E-state index in [1.807, 2.05) is 0 Å². The first-order valence-corrected chi connectivity index (χ1v) is 7.73. The van der Waals surface area contributed by atoms with Gasteiger partial charge in [0.15, 0.2) is 0 Å². The van der Waals surface area contributed by atoms with Gasteiger partial charge in [0.2, 0.25) is 0 Å². The van der Waals surface area contributed by atoms with Crippen LogP contribution in [0, 0.1) is 6.92 Å². The molecule has 1 heterocycles. The van der Waals surface area contributed by atoms with Crippen molar-refractivity contribution in [2.24, 2.45) is 0 Å². The smallest absolute Gasteiger partial charge is 0.0534 e. The third-order valence-corrected chi connectivity index (χ3v) is 3.91. The summed E-state index contributed by atoms with van der Waals surface area (Å²) in [6.07, 6.45) is 8.68. The molecule has 0 saturated carbocycles. The van der Waals surface area contributed by atoms with E-state index in [4.69, 9.17) is 0 Å². The highest BCUT2D eigenvalue weighted by molar-refractivity contribution is 5.91. The first-order chi connectivity index (χ1) is 10.1. The molecule has 1 aromatic heterocycles. The van der Waals surface area contributed by atoms with E-state index in [0.29, 0.717) is 0 Å². The van der Waals surface area contributed by atoms with Crippen LogP contribution in [-0.2, 0) is 0 Å². The molecule has 0 atom stereocenters. The summed E-state index contributed by atoms with van der Waals surface area (Å²) in [7, 11) is 0. The average molecular weight is 279 g/mol. The maximum Gasteiger partial charge on any atom is 0.0534 e. The van der Waals surface area contributed by atoms with Crippen molar-refractivity contribution >= 4 is 22.7 Å². The van der Waals surface area contributed by atoms with Gasteiger partial charge in [0.05, 0.1) is 5.52 Å². The molecular formula is C20H25N. The molecule has 0 unspecified atom stereocenters. The van der Waals surface area contributed by atoms with Crippen molar-refractivity contribution < 1.29 is 0 Å². The van der Waals surface area contributed by atoms with Crippen molar-refractivity contribution in [2.45, 2.75) is 40.5 Å². The lowest BCUT2D eigenvalue weighted by Crippen LogP contribution is -1.97. The van der Waals surface area contributed by atoms with E-state index in [2.05, 4.69) is 81.3 Å². The van der Waals surface area contributed by atoms with Crippen LogP contribution in [0.5, 0.6) is 0 Å². The number of fused-ring (bicyclic) bond motifs is 1. The topological polar surface area (TPSA) is 4.93 Å². The summed E-state index contributed by atoms with van der Waals surface area (Å²) in [5.74, 6) is 0. The van der Waals surface area contributed by atoms with E-state index in [9.17, 15) is 0 Å². The fraction of sp³-hybridized carbons (Fsp3) is 0.300. The number of para-hydroxylation sites is 1. The van der Waals surface area contributed by atoms with Crippen molar-refractivity contribution in [2.75, 3.05) is 0 Å². The summed E-state index contributed by atoms with van der Waals surface area (Å²) in [6, 6.07) is 8.61. The van der Waals surface area contributed by atoms with Crippen LogP contribution < -0.4 is 0 Å². The maximum atomic E-state index is 4.11. The van der Waals surface area contributed by atoms with Crippen molar-refractivity contribution in [3.63, 3.8) is 0 Å². The Hall–Kier alpha value is -2.02. The Morgan fingerprint density at radius 1 is 1.24 bits per heavy atom. The first-order valence-electron chi connectivity index (χ1n) is 7.73. The summed E-state index contributed by atoms with van der Waals surface area (Å²) < 4.78 is 2.34. The van der Waals surface area contributed by atoms with Gasteiger partial charge in [-0.3, -0.25) is 0 Å². The van der Waals surface area contributed by atoms with Gasteiger partial charge in [0.1, 0.15) is 0 Å². The van der Waals surface area contributed by atoms with Gasteiger partial charge in [-0.25, -0.2) is 0 Å². The number of allylic oxidation sites excluding steroid dienone is 4. The predicted octanol–water partition coefficient (Wildman–Crippen LogP) is 6.20. The number of hydrogen-bond acceptors (Lipinski definition) is 0. The lowest BCUT2D eigenvalue weighted by Gasteiger charge is -2.10. The molecule has 1 aromatic carbocycles. The molecule has 0 bridgehead atoms. The highest BCUT2D eigenvalue weighted by Gasteiger charge is 2.12. The van der Waals surface area contributed by atoms with Crippen molar-refractivity contribution in [3.8, 4) is 0 Å². The van der Waals surface area contributed by atoms with E-state index < -0.39 is 0 Å². The summed E-state index contributed by atoms with van der Waals surface area (Å²) in [5, 5.41) is 1.32. The Bertz CT molecular complexity index is 711. The number of aryl methyl sites for hydroxylation is 1. The van der Waals surface area contributed by atoms with Crippen molar-refractivity contribution in [1.82, 2.24) is 4.57 Å². The highest BCUT2D eigenvalue weighted by Crippen LogP contribution is 2.30. The molecule has 2 rings (SSSR count). The van der Waals surface area contributed by atoms with Crippen LogP contribution in [0.15, 0.2) is 48.6 Å². The minimum atomic E-state index is 0.982. The number of aromatic nitrogens is 1. The van der Waals surface area contributed by atoms with E-state index in [0.717, 1.165) is 18.4 Å². The van der Waals surface area contributed by atoms with Gasteiger partial charge in [-0.05, 0) is 50.5 Å². The molecule has 21 heavy (non-hydrogen) atoms. The Balaban J connectivity index is 2.72. The lowest BCUT2D eigenvalue weighted by molar-refractivity contribution is 1.09. The molecule has 110 valence electrons. The van der Waals surface area contributed by atoms with Crippen LogP contribution in [-0.4, -0.2) is 4.57 Å². The zero-order valence-electron chi connectivity index (χ0n) is 13.6. The molecule has 0 aliphatic rings. The van der Waals surface area contributed by atoms with Gasteiger partial charge < -0.3 is 4.57 Å². The lowest BCUT2D eigenvalue weighted by atomic mass is 10.1. The minimum absolute atomic E-state index is 0.982. The molecule has 0 fully saturated rings. The minimum Gasteiger partial charge on any atom is -0.314 e. The number of nitrogens with zero attached hydrogens (tertiary/aromatic N) is 1. The summed E-state index contributed by atoms with van der Waals surface area (Å²) in [5.41, 5.74) is 6.26. The average Bonchev–Trinajstić information content (AvgIpc) is 2.78. The predicted molar refractivity (Wildman–Crippen MR) is 95.4 cm³/mol. The number of hydrogen-bond donors (Lipinski definition) is 0. The SMILES string of the molecule is C=C(/C=C(\C)n1c(/C=C\CC)c(C)c2ccccc21)CC. The van der Waals surface area contributed by atoms with Crippen molar-refractivity contribution in [3.05, 3.63) is 59.8 Å². The summed E-state index contributed by atoms with van der Waals surface area (Å²) >= 11 is 0. The Morgan fingerprint density at radius 2 is 1.95 bits per heavy atom. The maximum absolute atomic E-state index is 4.11. The number of rotatable bonds is 5. The molecular weight excluding hydrogens is 254 g/mol. The molecule has 1 nitrogen and oxygen atoms in total. The van der Waals surface area contributed by atoms with E-state index in [1.54, 1.807) is 0 Å². The second kappa shape index (κ2) is 6.62. The standard InChI is InChI=1S/C20H25N/c1-6-8-12-19-17(5)18-11-9-10-13-20(18)21(19)16(4)14-15(3)7-2/h8-14H,3,6-7H2,1-2,4-5H3/b12-8-,16-14+. The second-order valence-corrected chi connectivity index (χ2v) is 5.47. The summed E-state index contributed by atoms with van der Waals surface area (Å²) in [6.45, 7) is 12.8. The van der Waals surface area contributed by atoms with Gasteiger partial charge in [0.25, 0.3) is 0 Å². The van der Waals surface area contributed by atoms with E-state index in [1.165, 1.54) is 27.9 Å². The highest BCUT2D eigenvalue weighted by atomic mass is 15.0. The fourth-order valence-electron chi connectivity index (χ4n) is 2.69. The van der Waals surface area contributed by atoms with Crippen LogP contribution in [0.2, 0.25) is 0 Å². The van der Waals surface area contributed by atoms with Crippen LogP contribution in [0.25, 0.3) is 22.7 Å². The van der Waals surface area contributed by atoms with E-state index in [-0.39, 0.29) is 0 Å². The van der Waals surface area contributed by atoms with Crippen LogP contribution >= 0.6 is 0 Å². The van der Waals surface area contributed by atoms with Crippen LogP contribution in [0.4, 0.5) is 0 Å². The first kappa shape index (κ1) is 15.4. The molecule has 2 aromatic rings. The fourth-order valence-corrected chi connectivity index (χ4v) is 2.69. The zero-order valence-corrected chi connectivity index (χ0v) is 13.6. The van der Waals surface area contributed by atoms with Gasteiger partial charge in [0, 0.05) is 16.8 Å². The quantitative estimate of drug-likeness (QED) is 0.574. The Morgan fingerprint density at radius 3 is 2.62 bits per heavy atom. The molecule has 0 amide bonds. The summed E-state index contributed by atoms with van der Waals surface area (Å²) in [4.78, 5) is 0. The van der Waals surface area contributed by atoms with Gasteiger partial charge in [-0.15, -0.1) is 0 Å². The third kappa shape index (κ3) is 3.02. The van der Waals surface area contributed by atoms with E-state index >= 15 is 0 Å². The molecule has 0 N–H and O–H groups in total. The normalized spacial score (nSPS) is 12.5. The third-order valence-electron chi connectivity index (χ3n) is 3.91. The molecule has 1 heteroatoms. The zero-order chi connectivity index (χ0) is 15.4. The largest absolute Gasteiger partial charge is 0.314 e. The van der Waals surface area contributed by atoms with Gasteiger partial charge in [-0.1, -0.05) is 50.3 Å². The Kier molecular flexibility index (Phi) is 4.85. The van der Waals surface area contributed by atoms with Gasteiger partial charge in [-0.2, -0.15) is 0 Å². The second-order valence-electron chi connectivity index (χ2n) is 5.47. The molecule has 0 saturated heterocycles. The monoisotopic (exact) mass is 279 g/mol. The number of benzene rings is 1. The molecule has 0 aliphatic heterocycles. The molecule has 0 aliphatic carbocycles. The van der Waals surface area contributed by atoms with Crippen molar-refractivity contribution in [1.29, 1.82) is 0 Å². The molecule has 0 spiro atoms. The van der Waals surface area contributed by atoms with Gasteiger partial charge >= 0.3 is 0 Å². The van der Waals surface area contributed by atoms with Crippen LogP contribution in [0.3, 0.4) is 0 Å². The molecule has 0 radical (unpaired) electrons. The van der Waals surface area contributed by atoms with Crippen LogP contribution in [0.1, 0.15) is 44.9 Å². The Labute approximate surface area is 128 Å².